The first kappa shape index (κ1) is 18.4. The Morgan fingerprint density at radius 1 is 1.30 bits per heavy atom. The minimum absolute atomic E-state index is 0.0618. The summed E-state index contributed by atoms with van der Waals surface area (Å²) in [6.45, 7) is 1.87. The Bertz CT molecular complexity index is 912. The number of ether oxygens (including phenoxy) is 1. The second-order valence-corrected chi connectivity index (χ2v) is 6.35. The highest BCUT2D eigenvalue weighted by Gasteiger charge is 2.35. The molecule has 1 N–H and O–H groups in total. The molecule has 140 valence electrons. The maximum absolute atomic E-state index is 12.5. The van der Waals surface area contributed by atoms with Gasteiger partial charge >= 0.3 is 0 Å². The summed E-state index contributed by atoms with van der Waals surface area (Å²) < 4.78 is 5.17. The average Bonchev–Trinajstić information content (AvgIpc) is 3.05. The quantitative estimate of drug-likeness (QED) is 0.645. The van der Waals surface area contributed by atoms with Crippen LogP contribution in [0.2, 0.25) is 0 Å². The molecule has 0 radical (unpaired) electrons. The molecular weight excluding hydrogens is 350 g/mol. The molecule has 27 heavy (non-hydrogen) atoms. The predicted octanol–water partition coefficient (Wildman–Crippen LogP) is 2.90. The largest absolute Gasteiger partial charge is 0.497 e. The Hall–Kier alpha value is -3.42. The van der Waals surface area contributed by atoms with Crippen molar-refractivity contribution in [2.45, 2.75) is 13.3 Å². The summed E-state index contributed by atoms with van der Waals surface area (Å²) in [5.74, 6) is -0.408. The molecule has 0 saturated carbocycles. The molecule has 2 amide bonds. The van der Waals surface area contributed by atoms with Gasteiger partial charge in [0, 0.05) is 42.0 Å². The van der Waals surface area contributed by atoms with Gasteiger partial charge in [-0.05, 0) is 25.1 Å². The van der Waals surface area contributed by atoms with Gasteiger partial charge in [0.2, 0.25) is 11.8 Å². The fourth-order valence-corrected chi connectivity index (χ4v) is 3.04. The number of carbonyl (C=O) groups excluding carboxylic acids is 2. The standard InChI is InChI=1S/C19H19N3O5/c1-12-6-7-14(9-17(12)22(25)26)20-19(24)13-8-18(23)21(11-13)15-4-3-5-16(10-15)27-2/h3-7,9-10,13H,8,11H2,1-2H3,(H,20,24)/t13-/m0/s1. The van der Waals surface area contributed by atoms with E-state index in [4.69, 9.17) is 4.74 Å². The molecule has 1 aliphatic heterocycles. The fourth-order valence-electron chi connectivity index (χ4n) is 3.04. The van der Waals surface area contributed by atoms with Crippen LogP contribution in [0.15, 0.2) is 42.5 Å². The third-order valence-electron chi connectivity index (χ3n) is 4.53. The van der Waals surface area contributed by atoms with Crippen molar-refractivity contribution in [1.82, 2.24) is 0 Å². The van der Waals surface area contributed by atoms with Gasteiger partial charge in [-0.1, -0.05) is 12.1 Å². The Balaban J connectivity index is 1.72. The van der Waals surface area contributed by atoms with E-state index in [1.807, 2.05) is 0 Å². The summed E-state index contributed by atoms with van der Waals surface area (Å²) in [6.07, 6.45) is 0.0804. The van der Waals surface area contributed by atoms with E-state index in [1.165, 1.54) is 6.07 Å². The number of aryl methyl sites for hydroxylation is 1. The van der Waals surface area contributed by atoms with Gasteiger partial charge in [0.1, 0.15) is 5.75 Å². The molecule has 8 heteroatoms. The van der Waals surface area contributed by atoms with Gasteiger partial charge in [0.05, 0.1) is 18.0 Å². The zero-order valence-corrected chi connectivity index (χ0v) is 15.0. The average molecular weight is 369 g/mol. The molecule has 0 aliphatic carbocycles. The molecule has 1 heterocycles. The van der Waals surface area contributed by atoms with Crippen molar-refractivity contribution >= 4 is 28.9 Å². The lowest BCUT2D eigenvalue weighted by atomic mass is 10.1. The molecule has 0 bridgehead atoms. The SMILES string of the molecule is COc1cccc(N2C[C@@H](C(=O)Nc3ccc(C)c([N+](=O)[O-])c3)CC2=O)c1. The lowest BCUT2D eigenvalue weighted by Crippen LogP contribution is -2.28. The summed E-state index contributed by atoms with van der Waals surface area (Å²) in [6, 6.07) is 11.6. The first-order valence-electron chi connectivity index (χ1n) is 8.39. The second-order valence-electron chi connectivity index (χ2n) is 6.35. The molecule has 1 fully saturated rings. The number of nitrogens with one attached hydrogen (secondary N) is 1. The molecule has 2 aromatic carbocycles. The molecule has 0 spiro atoms. The Morgan fingerprint density at radius 2 is 2.07 bits per heavy atom. The number of rotatable bonds is 5. The molecule has 1 atom stereocenters. The fraction of sp³-hybridized carbons (Fsp3) is 0.263. The summed E-state index contributed by atoms with van der Waals surface area (Å²) in [5, 5.41) is 13.7. The highest BCUT2D eigenvalue weighted by Crippen LogP contribution is 2.29. The highest BCUT2D eigenvalue weighted by molar-refractivity contribution is 6.03. The van der Waals surface area contributed by atoms with Crippen molar-refractivity contribution in [1.29, 1.82) is 0 Å². The lowest BCUT2D eigenvalue weighted by Gasteiger charge is -2.17. The predicted molar refractivity (Wildman–Crippen MR) is 99.9 cm³/mol. The first-order chi connectivity index (χ1) is 12.9. The van der Waals surface area contributed by atoms with Crippen molar-refractivity contribution < 1.29 is 19.2 Å². The zero-order chi connectivity index (χ0) is 19.6. The molecular formula is C19H19N3O5. The molecule has 3 rings (SSSR count). The summed E-state index contributed by atoms with van der Waals surface area (Å²) in [5.41, 5.74) is 1.46. The highest BCUT2D eigenvalue weighted by atomic mass is 16.6. The van der Waals surface area contributed by atoms with Gasteiger partial charge in [-0.3, -0.25) is 19.7 Å². The van der Waals surface area contributed by atoms with E-state index in [1.54, 1.807) is 55.3 Å². The van der Waals surface area contributed by atoms with E-state index in [0.29, 0.717) is 22.7 Å². The Labute approximate surface area is 155 Å². The van der Waals surface area contributed by atoms with E-state index in [-0.39, 0.29) is 30.5 Å². The summed E-state index contributed by atoms with van der Waals surface area (Å²) >= 11 is 0. The van der Waals surface area contributed by atoms with E-state index in [2.05, 4.69) is 5.32 Å². The van der Waals surface area contributed by atoms with Crippen LogP contribution < -0.4 is 15.0 Å². The van der Waals surface area contributed by atoms with E-state index in [0.717, 1.165) is 0 Å². The van der Waals surface area contributed by atoms with Crippen LogP contribution in [-0.2, 0) is 9.59 Å². The summed E-state index contributed by atoms with van der Waals surface area (Å²) in [4.78, 5) is 37.0. The number of anilines is 2. The van der Waals surface area contributed by atoms with Gasteiger partial charge < -0.3 is 15.0 Å². The lowest BCUT2D eigenvalue weighted by molar-refractivity contribution is -0.385. The number of methoxy groups -OCH3 is 1. The monoisotopic (exact) mass is 369 g/mol. The number of amides is 2. The van der Waals surface area contributed by atoms with E-state index >= 15 is 0 Å². The molecule has 1 aliphatic rings. The van der Waals surface area contributed by atoms with Crippen molar-refractivity contribution in [3.63, 3.8) is 0 Å². The topological polar surface area (TPSA) is 102 Å². The van der Waals surface area contributed by atoms with Crippen LogP contribution in [0.1, 0.15) is 12.0 Å². The van der Waals surface area contributed by atoms with Crippen LogP contribution in [0.3, 0.4) is 0 Å². The Kier molecular flexibility index (Phi) is 5.07. The van der Waals surface area contributed by atoms with Gasteiger partial charge in [0.25, 0.3) is 5.69 Å². The smallest absolute Gasteiger partial charge is 0.274 e. The van der Waals surface area contributed by atoms with Crippen LogP contribution >= 0.6 is 0 Å². The van der Waals surface area contributed by atoms with Gasteiger partial charge in [-0.25, -0.2) is 0 Å². The van der Waals surface area contributed by atoms with Crippen LogP contribution in [-0.4, -0.2) is 30.4 Å². The number of nitro benzene ring substituents is 1. The van der Waals surface area contributed by atoms with Gasteiger partial charge in [-0.15, -0.1) is 0 Å². The van der Waals surface area contributed by atoms with Crippen molar-refractivity contribution in [2.24, 2.45) is 5.92 Å². The van der Waals surface area contributed by atoms with Crippen molar-refractivity contribution in [3.05, 3.63) is 58.1 Å². The maximum atomic E-state index is 12.5. The normalized spacial score (nSPS) is 16.3. The number of carbonyl (C=O) groups is 2. The van der Waals surface area contributed by atoms with Crippen LogP contribution in [0, 0.1) is 23.0 Å². The van der Waals surface area contributed by atoms with Gasteiger partial charge in [0.15, 0.2) is 0 Å². The minimum Gasteiger partial charge on any atom is -0.497 e. The number of nitro groups is 1. The zero-order valence-electron chi connectivity index (χ0n) is 15.0. The molecule has 0 aromatic heterocycles. The molecule has 1 saturated heterocycles. The number of hydrogen-bond acceptors (Lipinski definition) is 5. The van der Waals surface area contributed by atoms with Crippen LogP contribution in [0.5, 0.6) is 5.75 Å². The molecule has 0 unspecified atom stereocenters. The third kappa shape index (κ3) is 3.89. The Morgan fingerprint density at radius 3 is 2.78 bits per heavy atom. The van der Waals surface area contributed by atoms with Crippen molar-refractivity contribution in [2.75, 3.05) is 23.9 Å². The first-order valence-corrected chi connectivity index (χ1v) is 8.39. The molecule has 8 nitrogen and oxygen atoms in total. The van der Waals surface area contributed by atoms with Crippen LogP contribution in [0.25, 0.3) is 0 Å². The molecule has 2 aromatic rings. The third-order valence-corrected chi connectivity index (χ3v) is 4.53. The minimum atomic E-state index is -0.538. The number of hydrogen-bond donors (Lipinski definition) is 1. The van der Waals surface area contributed by atoms with Gasteiger partial charge in [-0.2, -0.15) is 0 Å². The van der Waals surface area contributed by atoms with E-state index < -0.39 is 10.8 Å². The van der Waals surface area contributed by atoms with E-state index in [9.17, 15) is 19.7 Å². The number of nitrogens with zero attached hydrogens (tertiary/aromatic N) is 2. The maximum Gasteiger partial charge on any atom is 0.274 e. The second kappa shape index (κ2) is 7.45. The van der Waals surface area contributed by atoms with Crippen molar-refractivity contribution in [3.8, 4) is 5.75 Å². The van der Waals surface area contributed by atoms with Crippen LogP contribution in [0.4, 0.5) is 17.1 Å². The summed E-state index contributed by atoms with van der Waals surface area (Å²) in [7, 11) is 1.54. The number of benzene rings is 2.